The van der Waals surface area contributed by atoms with Crippen molar-refractivity contribution in [1.82, 2.24) is 4.98 Å². The first-order valence-corrected chi connectivity index (χ1v) is 5.55. The predicted octanol–water partition coefficient (Wildman–Crippen LogP) is 2.60. The van der Waals surface area contributed by atoms with Crippen molar-refractivity contribution in [3.8, 4) is 0 Å². The van der Waals surface area contributed by atoms with Crippen LogP contribution in [0.4, 0.5) is 5.69 Å². The number of pyridine rings is 1. The summed E-state index contributed by atoms with van der Waals surface area (Å²) in [6.07, 6.45) is 1.35. The predicted molar refractivity (Wildman–Crippen MR) is 66.7 cm³/mol. The van der Waals surface area contributed by atoms with E-state index in [1.807, 2.05) is 26.0 Å². The third-order valence-corrected chi connectivity index (χ3v) is 2.52. The second-order valence-corrected chi connectivity index (χ2v) is 4.04. The second-order valence-electron chi connectivity index (χ2n) is 4.04. The fraction of sp³-hybridized carbons (Fsp3) is 0.231. The number of anilines is 1. The highest BCUT2D eigenvalue weighted by Gasteiger charge is 2.11. The molecule has 0 radical (unpaired) electrons. The number of rotatable bonds is 4. The number of nitrogens with one attached hydrogen (secondary N) is 1. The largest absolute Gasteiger partial charge is 0.478 e. The summed E-state index contributed by atoms with van der Waals surface area (Å²) in [6.45, 7) is 4.12. The number of carboxylic acids is 1. The van der Waals surface area contributed by atoms with E-state index in [2.05, 4.69) is 10.3 Å². The molecule has 2 aromatic rings. The summed E-state index contributed by atoms with van der Waals surface area (Å²) in [5.74, 6) is 0.593. The van der Waals surface area contributed by atoms with E-state index in [0.717, 1.165) is 17.2 Å². The number of furan rings is 1. The standard InChI is InChI=1S/C13H14N2O3/c1-8-5-12(11(7-14-8)13(16)17)15-6-10-4-3-9(2)18-10/h3-5,7H,6H2,1-2H3,(H,14,15)(H,16,17). The molecule has 0 unspecified atom stereocenters. The minimum Gasteiger partial charge on any atom is -0.478 e. The molecule has 2 rings (SSSR count). The molecule has 2 heterocycles. The molecule has 0 saturated heterocycles. The Balaban J connectivity index is 2.17. The fourth-order valence-electron chi connectivity index (χ4n) is 1.64. The van der Waals surface area contributed by atoms with Gasteiger partial charge in [0.2, 0.25) is 0 Å². The van der Waals surface area contributed by atoms with Gasteiger partial charge < -0.3 is 14.8 Å². The topological polar surface area (TPSA) is 75.4 Å². The Morgan fingerprint density at radius 1 is 1.44 bits per heavy atom. The van der Waals surface area contributed by atoms with Gasteiger partial charge in [-0.1, -0.05) is 0 Å². The van der Waals surface area contributed by atoms with Gasteiger partial charge in [0.15, 0.2) is 0 Å². The van der Waals surface area contributed by atoms with Crippen molar-refractivity contribution >= 4 is 11.7 Å². The van der Waals surface area contributed by atoms with Gasteiger partial charge in [-0.3, -0.25) is 4.98 Å². The van der Waals surface area contributed by atoms with Gasteiger partial charge in [0.1, 0.15) is 17.1 Å². The van der Waals surface area contributed by atoms with E-state index in [1.54, 1.807) is 6.07 Å². The van der Waals surface area contributed by atoms with Gasteiger partial charge in [-0.25, -0.2) is 4.79 Å². The fourth-order valence-corrected chi connectivity index (χ4v) is 1.64. The molecule has 0 aliphatic heterocycles. The lowest BCUT2D eigenvalue weighted by molar-refractivity contribution is 0.0697. The summed E-state index contributed by atoms with van der Waals surface area (Å²) in [5, 5.41) is 12.1. The van der Waals surface area contributed by atoms with Crippen molar-refractivity contribution < 1.29 is 14.3 Å². The Labute approximate surface area is 104 Å². The Hall–Kier alpha value is -2.30. The first-order valence-electron chi connectivity index (χ1n) is 5.55. The van der Waals surface area contributed by atoms with Crippen LogP contribution < -0.4 is 5.32 Å². The third-order valence-electron chi connectivity index (χ3n) is 2.52. The number of aromatic nitrogens is 1. The van der Waals surface area contributed by atoms with Crippen molar-refractivity contribution in [3.63, 3.8) is 0 Å². The van der Waals surface area contributed by atoms with Crippen molar-refractivity contribution in [2.75, 3.05) is 5.32 Å². The molecule has 0 spiro atoms. The number of aromatic carboxylic acids is 1. The number of aryl methyl sites for hydroxylation is 2. The van der Waals surface area contributed by atoms with Crippen LogP contribution in [0.1, 0.15) is 27.6 Å². The molecule has 5 nitrogen and oxygen atoms in total. The van der Waals surface area contributed by atoms with E-state index >= 15 is 0 Å². The zero-order chi connectivity index (χ0) is 13.1. The number of carbonyl (C=O) groups is 1. The number of hydrogen-bond acceptors (Lipinski definition) is 4. The first-order chi connectivity index (χ1) is 8.56. The quantitative estimate of drug-likeness (QED) is 0.867. The smallest absolute Gasteiger partial charge is 0.339 e. The molecule has 0 atom stereocenters. The Kier molecular flexibility index (Phi) is 3.32. The Bertz CT molecular complexity index is 575. The molecule has 5 heteroatoms. The van der Waals surface area contributed by atoms with Crippen LogP contribution >= 0.6 is 0 Å². The zero-order valence-electron chi connectivity index (χ0n) is 10.2. The SMILES string of the molecule is Cc1cc(NCc2ccc(C)o2)c(C(=O)O)cn1. The van der Waals surface area contributed by atoms with Crippen LogP contribution in [0.3, 0.4) is 0 Å². The highest BCUT2D eigenvalue weighted by atomic mass is 16.4. The molecule has 18 heavy (non-hydrogen) atoms. The molecule has 0 fully saturated rings. The summed E-state index contributed by atoms with van der Waals surface area (Å²) in [4.78, 5) is 15.0. The molecule has 2 N–H and O–H groups in total. The highest BCUT2D eigenvalue weighted by Crippen LogP contribution is 2.17. The Morgan fingerprint density at radius 2 is 2.22 bits per heavy atom. The lowest BCUT2D eigenvalue weighted by atomic mass is 10.2. The lowest BCUT2D eigenvalue weighted by Gasteiger charge is -2.08. The van der Waals surface area contributed by atoms with Crippen molar-refractivity contribution in [2.24, 2.45) is 0 Å². The summed E-state index contributed by atoms with van der Waals surface area (Å²) in [5.41, 5.74) is 1.46. The molecule has 0 aromatic carbocycles. The van der Waals surface area contributed by atoms with E-state index in [0.29, 0.717) is 12.2 Å². The number of hydrogen-bond donors (Lipinski definition) is 2. The molecule has 0 saturated carbocycles. The van der Waals surface area contributed by atoms with E-state index in [1.165, 1.54) is 6.20 Å². The zero-order valence-corrected chi connectivity index (χ0v) is 10.2. The molecule has 94 valence electrons. The summed E-state index contributed by atoms with van der Waals surface area (Å²) in [6, 6.07) is 5.43. The lowest BCUT2D eigenvalue weighted by Crippen LogP contribution is -2.07. The maximum Gasteiger partial charge on any atom is 0.339 e. The van der Waals surface area contributed by atoms with E-state index < -0.39 is 5.97 Å². The number of carboxylic acid groups (broad SMARTS) is 1. The van der Waals surface area contributed by atoms with Gasteiger partial charge in [-0.2, -0.15) is 0 Å². The van der Waals surface area contributed by atoms with Gasteiger partial charge >= 0.3 is 5.97 Å². The van der Waals surface area contributed by atoms with Crippen LogP contribution in [0.2, 0.25) is 0 Å². The summed E-state index contributed by atoms with van der Waals surface area (Å²) >= 11 is 0. The van der Waals surface area contributed by atoms with Gasteiger partial charge in [0.05, 0.1) is 12.2 Å². The monoisotopic (exact) mass is 246 g/mol. The van der Waals surface area contributed by atoms with Crippen LogP contribution in [0.15, 0.2) is 28.8 Å². The summed E-state index contributed by atoms with van der Waals surface area (Å²) in [7, 11) is 0. The van der Waals surface area contributed by atoms with Gasteiger partial charge in [0.25, 0.3) is 0 Å². The molecule has 0 aliphatic rings. The molecule has 0 aliphatic carbocycles. The molecular weight excluding hydrogens is 232 g/mol. The second kappa shape index (κ2) is 4.91. The van der Waals surface area contributed by atoms with Gasteiger partial charge in [0, 0.05) is 11.9 Å². The van der Waals surface area contributed by atoms with E-state index in [9.17, 15) is 4.79 Å². The highest BCUT2D eigenvalue weighted by molar-refractivity contribution is 5.93. The van der Waals surface area contributed by atoms with Crippen molar-refractivity contribution in [3.05, 3.63) is 47.2 Å². The molecule has 0 bridgehead atoms. The van der Waals surface area contributed by atoms with Crippen molar-refractivity contribution in [2.45, 2.75) is 20.4 Å². The third kappa shape index (κ3) is 2.68. The maximum absolute atomic E-state index is 11.0. The molecular formula is C13H14N2O3. The van der Waals surface area contributed by atoms with E-state index in [4.69, 9.17) is 9.52 Å². The average Bonchev–Trinajstić information content (AvgIpc) is 2.72. The molecule has 0 amide bonds. The first kappa shape index (κ1) is 12.2. The minimum atomic E-state index is -0.999. The Morgan fingerprint density at radius 3 is 2.83 bits per heavy atom. The number of nitrogens with zero attached hydrogens (tertiary/aromatic N) is 1. The van der Waals surface area contributed by atoms with Crippen LogP contribution in [0, 0.1) is 13.8 Å². The molecule has 2 aromatic heterocycles. The van der Waals surface area contributed by atoms with Crippen LogP contribution in [-0.4, -0.2) is 16.1 Å². The van der Waals surface area contributed by atoms with Crippen LogP contribution in [0.5, 0.6) is 0 Å². The van der Waals surface area contributed by atoms with E-state index in [-0.39, 0.29) is 5.56 Å². The van der Waals surface area contributed by atoms with Crippen molar-refractivity contribution in [1.29, 1.82) is 0 Å². The minimum absolute atomic E-state index is 0.156. The van der Waals surface area contributed by atoms with Gasteiger partial charge in [-0.15, -0.1) is 0 Å². The normalized spacial score (nSPS) is 10.3. The van der Waals surface area contributed by atoms with Crippen LogP contribution in [0.25, 0.3) is 0 Å². The van der Waals surface area contributed by atoms with Gasteiger partial charge in [-0.05, 0) is 32.0 Å². The summed E-state index contributed by atoms with van der Waals surface area (Å²) < 4.78 is 5.41. The van der Waals surface area contributed by atoms with Crippen LogP contribution in [-0.2, 0) is 6.54 Å². The average molecular weight is 246 g/mol. The maximum atomic E-state index is 11.0.